The minimum atomic E-state index is 0.483. The first-order chi connectivity index (χ1) is 7.27. The van der Waals surface area contributed by atoms with Crippen LogP contribution in [0.3, 0.4) is 0 Å². The lowest BCUT2D eigenvalue weighted by Crippen LogP contribution is -1.99. The number of aryl methyl sites for hydroxylation is 1. The third-order valence-corrected chi connectivity index (χ3v) is 2.47. The molecule has 0 amide bonds. The maximum absolute atomic E-state index is 5.67. The van der Waals surface area contributed by atoms with E-state index in [4.69, 9.17) is 4.74 Å². The third-order valence-electron chi connectivity index (χ3n) is 2.47. The Morgan fingerprint density at radius 2 is 2.20 bits per heavy atom. The Bertz CT molecular complexity index is 435. The predicted octanol–water partition coefficient (Wildman–Crippen LogP) is 2.61. The molecule has 1 aromatic carbocycles. The van der Waals surface area contributed by atoms with Crippen molar-refractivity contribution >= 4 is 0 Å². The molecular formula is C12H14N2O. The number of aromatic amines is 1. The number of nitrogens with one attached hydrogen (secondary N) is 1. The number of rotatable bonds is 3. The number of aromatic nitrogens is 2. The van der Waals surface area contributed by atoms with Crippen LogP contribution in [-0.2, 0) is 6.61 Å². The van der Waals surface area contributed by atoms with Crippen LogP contribution >= 0.6 is 0 Å². The summed E-state index contributed by atoms with van der Waals surface area (Å²) in [7, 11) is 0. The van der Waals surface area contributed by atoms with Crippen molar-refractivity contribution in [1.82, 2.24) is 9.97 Å². The fraction of sp³-hybridized carbons (Fsp3) is 0.250. The molecule has 1 N–H and O–H groups in total. The summed E-state index contributed by atoms with van der Waals surface area (Å²) in [5.74, 6) is 1.77. The van der Waals surface area contributed by atoms with Gasteiger partial charge < -0.3 is 9.72 Å². The van der Waals surface area contributed by atoms with Gasteiger partial charge in [-0.2, -0.15) is 0 Å². The van der Waals surface area contributed by atoms with Crippen molar-refractivity contribution in [2.24, 2.45) is 0 Å². The van der Waals surface area contributed by atoms with Gasteiger partial charge in [0.1, 0.15) is 18.2 Å². The molecule has 0 saturated heterocycles. The van der Waals surface area contributed by atoms with Gasteiger partial charge in [0, 0.05) is 12.4 Å². The minimum Gasteiger partial charge on any atom is -0.485 e. The number of ether oxygens (including phenoxy) is 1. The number of benzene rings is 1. The lowest BCUT2D eigenvalue weighted by Gasteiger charge is -2.09. The van der Waals surface area contributed by atoms with Gasteiger partial charge in [-0.3, -0.25) is 0 Å². The highest BCUT2D eigenvalue weighted by Gasteiger charge is 2.02. The van der Waals surface area contributed by atoms with E-state index >= 15 is 0 Å². The number of hydrogen-bond acceptors (Lipinski definition) is 2. The van der Waals surface area contributed by atoms with Crippen molar-refractivity contribution in [3.63, 3.8) is 0 Å². The highest BCUT2D eigenvalue weighted by atomic mass is 16.5. The summed E-state index contributed by atoms with van der Waals surface area (Å²) in [6, 6.07) is 6.06. The van der Waals surface area contributed by atoms with E-state index in [1.807, 2.05) is 12.1 Å². The number of H-pyrrole nitrogens is 1. The normalized spacial score (nSPS) is 10.3. The Balaban J connectivity index is 2.08. The molecule has 1 heterocycles. The summed E-state index contributed by atoms with van der Waals surface area (Å²) in [4.78, 5) is 7.11. The molecule has 3 heteroatoms. The molecule has 0 radical (unpaired) electrons. The minimum absolute atomic E-state index is 0.483. The Hall–Kier alpha value is -1.77. The topological polar surface area (TPSA) is 37.9 Å². The Labute approximate surface area is 89.1 Å². The second-order valence-electron chi connectivity index (χ2n) is 3.52. The van der Waals surface area contributed by atoms with Crippen LogP contribution in [0.4, 0.5) is 0 Å². The quantitative estimate of drug-likeness (QED) is 0.830. The summed E-state index contributed by atoms with van der Waals surface area (Å²) < 4.78 is 5.67. The molecule has 0 atom stereocenters. The van der Waals surface area contributed by atoms with Crippen LogP contribution in [0.15, 0.2) is 30.6 Å². The molecule has 0 saturated carbocycles. The lowest BCUT2D eigenvalue weighted by molar-refractivity contribution is 0.295. The zero-order chi connectivity index (χ0) is 10.7. The summed E-state index contributed by atoms with van der Waals surface area (Å²) >= 11 is 0. The second-order valence-corrected chi connectivity index (χ2v) is 3.52. The largest absolute Gasteiger partial charge is 0.485 e. The highest BCUT2D eigenvalue weighted by Crippen LogP contribution is 2.21. The average molecular weight is 202 g/mol. The predicted molar refractivity (Wildman–Crippen MR) is 58.8 cm³/mol. The molecule has 0 bridgehead atoms. The molecule has 0 unspecified atom stereocenters. The smallest absolute Gasteiger partial charge is 0.146 e. The van der Waals surface area contributed by atoms with Crippen LogP contribution in [0.1, 0.15) is 17.0 Å². The van der Waals surface area contributed by atoms with Crippen LogP contribution in [0.25, 0.3) is 0 Å². The molecule has 15 heavy (non-hydrogen) atoms. The van der Waals surface area contributed by atoms with Gasteiger partial charge in [0.25, 0.3) is 0 Å². The zero-order valence-electron chi connectivity index (χ0n) is 8.95. The maximum atomic E-state index is 5.67. The molecule has 0 fully saturated rings. The third kappa shape index (κ3) is 2.18. The van der Waals surface area contributed by atoms with E-state index in [2.05, 4.69) is 29.9 Å². The fourth-order valence-corrected chi connectivity index (χ4v) is 1.40. The molecule has 3 nitrogen and oxygen atoms in total. The summed E-state index contributed by atoms with van der Waals surface area (Å²) in [5.41, 5.74) is 2.43. The Morgan fingerprint density at radius 1 is 1.33 bits per heavy atom. The number of imidazole rings is 1. The van der Waals surface area contributed by atoms with Crippen molar-refractivity contribution in [1.29, 1.82) is 0 Å². The lowest BCUT2D eigenvalue weighted by atomic mass is 10.1. The zero-order valence-corrected chi connectivity index (χ0v) is 8.95. The van der Waals surface area contributed by atoms with E-state index in [0.29, 0.717) is 6.61 Å². The second kappa shape index (κ2) is 4.17. The molecular weight excluding hydrogens is 188 g/mol. The van der Waals surface area contributed by atoms with Crippen molar-refractivity contribution in [3.05, 3.63) is 47.5 Å². The first-order valence-corrected chi connectivity index (χ1v) is 4.94. The van der Waals surface area contributed by atoms with Crippen LogP contribution in [0.5, 0.6) is 5.75 Å². The molecule has 0 aliphatic heterocycles. The number of nitrogens with zero attached hydrogens (tertiary/aromatic N) is 1. The van der Waals surface area contributed by atoms with Gasteiger partial charge in [0.05, 0.1) is 0 Å². The Morgan fingerprint density at radius 3 is 2.93 bits per heavy atom. The number of hydrogen-bond donors (Lipinski definition) is 1. The van der Waals surface area contributed by atoms with E-state index in [0.717, 1.165) is 11.6 Å². The first kappa shape index (κ1) is 9.77. The van der Waals surface area contributed by atoms with Crippen molar-refractivity contribution in [3.8, 4) is 5.75 Å². The molecule has 2 aromatic rings. The van der Waals surface area contributed by atoms with Crippen molar-refractivity contribution in [2.75, 3.05) is 0 Å². The van der Waals surface area contributed by atoms with Crippen molar-refractivity contribution in [2.45, 2.75) is 20.5 Å². The fourth-order valence-electron chi connectivity index (χ4n) is 1.40. The highest BCUT2D eigenvalue weighted by molar-refractivity contribution is 5.38. The van der Waals surface area contributed by atoms with Gasteiger partial charge >= 0.3 is 0 Å². The molecule has 1 aromatic heterocycles. The van der Waals surface area contributed by atoms with E-state index in [1.165, 1.54) is 11.1 Å². The van der Waals surface area contributed by atoms with E-state index in [1.54, 1.807) is 12.4 Å². The summed E-state index contributed by atoms with van der Waals surface area (Å²) in [5, 5.41) is 0. The van der Waals surface area contributed by atoms with E-state index in [9.17, 15) is 0 Å². The molecule has 78 valence electrons. The van der Waals surface area contributed by atoms with Crippen LogP contribution in [0.2, 0.25) is 0 Å². The van der Waals surface area contributed by atoms with Crippen LogP contribution in [-0.4, -0.2) is 9.97 Å². The monoisotopic (exact) mass is 202 g/mol. The van der Waals surface area contributed by atoms with Gasteiger partial charge in [-0.15, -0.1) is 0 Å². The molecule has 0 aliphatic rings. The first-order valence-electron chi connectivity index (χ1n) is 4.94. The Kier molecular flexibility index (Phi) is 2.72. The van der Waals surface area contributed by atoms with Gasteiger partial charge in [-0.25, -0.2) is 4.98 Å². The SMILES string of the molecule is Cc1cccc(OCc2ncc[nH]2)c1C. The standard InChI is InChI=1S/C12H14N2O/c1-9-4-3-5-11(10(9)2)15-8-12-13-6-7-14-12/h3-7H,8H2,1-2H3,(H,13,14). The van der Waals surface area contributed by atoms with E-state index in [-0.39, 0.29) is 0 Å². The summed E-state index contributed by atoms with van der Waals surface area (Å²) in [6.07, 6.45) is 3.52. The van der Waals surface area contributed by atoms with Crippen LogP contribution in [0, 0.1) is 13.8 Å². The van der Waals surface area contributed by atoms with E-state index < -0.39 is 0 Å². The van der Waals surface area contributed by atoms with Crippen molar-refractivity contribution < 1.29 is 4.74 Å². The molecule has 0 spiro atoms. The maximum Gasteiger partial charge on any atom is 0.146 e. The summed E-state index contributed by atoms with van der Waals surface area (Å²) in [6.45, 7) is 4.62. The average Bonchev–Trinajstić information content (AvgIpc) is 2.73. The molecule has 0 aliphatic carbocycles. The van der Waals surface area contributed by atoms with Crippen LogP contribution < -0.4 is 4.74 Å². The van der Waals surface area contributed by atoms with Gasteiger partial charge in [0.15, 0.2) is 0 Å². The van der Waals surface area contributed by atoms with Gasteiger partial charge in [-0.05, 0) is 31.0 Å². The molecule has 2 rings (SSSR count). The van der Waals surface area contributed by atoms with Gasteiger partial charge in [0.2, 0.25) is 0 Å². The van der Waals surface area contributed by atoms with Gasteiger partial charge in [-0.1, -0.05) is 12.1 Å².